The van der Waals surface area contributed by atoms with Crippen molar-refractivity contribution in [2.45, 2.75) is 26.8 Å². The van der Waals surface area contributed by atoms with Crippen molar-refractivity contribution >= 4 is 28.3 Å². The summed E-state index contributed by atoms with van der Waals surface area (Å²) in [5.41, 5.74) is 1.11. The standard InChI is InChI=1S/C15H22BrFN2.ClH/c1-15(2,3)14(19-9-7-18-8-10-19)11-5-4-6-12(17)13(11)16;/h4-6,14,18H,7-10H2,1-3H3;1H/t14-;/m0./s1. The second kappa shape index (κ2) is 7.21. The van der Waals surface area contributed by atoms with Crippen molar-refractivity contribution in [2.75, 3.05) is 26.2 Å². The molecule has 1 atom stereocenters. The molecule has 2 rings (SSSR count). The average molecular weight is 366 g/mol. The lowest BCUT2D eigenvalue weighted by atomic mass is 9.81. The van der Waals surface area contributed by atoms with E-state index in [4.69, 9.17) is 0 Å². The lowest BCUT2D eigenvalue weighted by molar-refractivity contribution is 0.0854. The summed E-state index contributed by atoms with van der Waals surface area (Å²) in [6, 6.07) is 5.56. The van der Waals surface area contributed by atoms with Crippen LogP contribution in [0.5, 0.6) is 0 Å². The van der Waals surface area contributed by atoms with Gasteiger partial charge in [0.1, 0.15) is 5.82 Å². The zero-order valence-electron chi connectivity index (χ0n) is 12.2. The van der Waals surface area contributed by atoms with Crippen molar-refractivity contribution in [3.05, 3.63) is 34.1 Å². The van der Waals surface area contributed by atoms with E-state index in [-0.39, 0.29) is 29.7 Å². The summed E-state index contributed by atoms with van der Waals surface area (Å²) in [5.74, 6) is -0.179. The minimum Gasteiger partial charge on any atom is -0.314 e. The molecule has 0 radical (unpaired) electrons. The Labute approximate surface area is 135 Å². The van der Waals surface area contributed by atoms with Crippen LogP contribution in [0.4, 0.5) is 4.39 Å². The van der Waals surface area contributed by atoms with Crippen molar-refractivity contribution in [1.82, 2.24) is 10.2 Å². The monoisotopic (exact) mass is 364 g/mol. The lowest BCUT2D eigenvalue weighted by Gasteiger charge is -2.43. The lowest BCUT2D eigenvalue weighted by Crippen LogP contribution is -2.48. The van der Waals surface area contributed by atoms with Crippen LogP contribution >= 0.6 is 28.3 Å². The van der Waals surface area contributed by atoms with Gasteiger partial charge in [0, 0.05) is 32.2 Å². The van der Waals surface area contributed by atoms with Gasteiger partial charge in [0.2, 0.25) is 0 Å². The number of halogens is 3. The summed E-state index contributed by atoms with van der Waals surface area (Å²) in [6.07, 6.45) is 0. The van der Waals surface area contributed by atoms with Crippen LogP contribution in [-0.4, -0.2) is 31.1 Å². The third-order valence-corrected chi connectivity index (χ3v) is 4.45. The van der Waals surface area contributed by atoms with E-state index in [1.165, 1.54) is 6.07 Å². The number of nitrogens with one attached hydrogen (secondary N) is 1. The summed E-state index contributed by atoms with van der Waals surface area (Å²) >= 11 is 3.42. The highest BCUT2D eigenvalue weighted by Crippen LogP contribution is 2.41. The molecule has 1 aliphatic rings. The van der Waals surface area contributed by atoms with Crippen LogP contribution in [0.25, 0.3) is 0 Å². The van der Waals surface area contributed by atoms with E-state index in [9.17, 15) is 4.39 Å². The Morgan fingerprint density at radius 1 is 1.25 bits per heavy atom. The highest BCUT2D eigenvalue weighted by Gasteiger charge is 2.34. The van der Waals surface area contributed by atoms with Crippen molar-refractivity contribution < 1.29 is 4.39 Å². The second-order valence-corrected chi connectivity index (χ2v) is 6.99. The third-order valence-electron chi connectivity index (χ3n) is 3.61. The Balaban J connectivity index is 0.00000200. The van der Waals surface area contributed by atoms with Gasteiger partial charge in [0.15, 0.2) is 0 Å². The van der Waals surface area contributed by atoms with Crippen LogP contribution in [0.15, 0.2) is 22.7 Å². The maximum absolute atomic E-state index is 13.8. The number of nitrogens with zero attached hydrogens (tertiary/aromatic N) is 1. The van der Waals surface area contributed by atoms with Gasteiger partial charge in [0.05, 0.1) is 4.47 Å². The van der Waals surface area contributed by atoms with Crippen LogP contribution in [0.1, 0.15) is 32.4 Å². The fourth-order valence-corrected chi connectivity index (χ4v) is 3.36. The second-order valence-electron chi connectivity index (χ2n) is 6.20. The van der Waals surface area contributed by atoms with Gasteiger partial charge >= 0.3 is 0 Å². The van der Waals surface area contributed by atoms with Crippen LogP contribution in [0, 0.1) is 11.2 Å². The maximum atomic E-state index is 13.8. The molecule has 20 heavy (non-hydrogen) atoms. The first-order chi connectivity index (χ1) is 8.91. The first-order valence-electron chi connectivity index (χ1n) is 6.80. The van der Waals surface area contributed by atoms with E-state index in [0.717, 1.165) is 31.7 Å². The molecule has 0 aliphatic carbocycles. The molecule has 0 aromatic heterocycles. The van der Waals surface area contributed by atoms with Crippen LogP contribution in [-0.2, 0) is 0 Å². The number of piperazine rings is 1. The topological polar surface area (TPSA) is 15.3 Å². The summed E-state index contributed by atoms with van der Waals surface area (Å²) in [7, 11) is 0. The van der Waals surface area contributed by atoms with Crippen molar-refractivity contribution in [1.29, 1.82) is 0 Å². The van der Waals surface area contributed by atoms with Gasteiger partial charge < -0.3 is 5.32 Å². The van der Waals surface area contributed by atoms with Gasteiger partial charge in [-0.05, 0) is 33.0 Å². The molecule has 1 aliphatic heterocycles. The predicted octanol–water partition coefficient (Wildman–Crippen LogP) is 4.00. The summed E-state index contributed by atoms with van der Waals surface area (Å²) in [6.45, 7) is 10.7. The van der Waals surface area contributed by atoms with E-state index < -0.39 is 0 Å². The summed E-state index contributed by atoms with van der Waals surface area (Å²) < 4.78 is 14.4. The first-order valence-corrected chi connectivity index (χ1v) is 7.59. The van der Waals surface area contributed by atoms with E-state index in [0.29, 0.717) is 4.47 Å². The molecule has 1 heterocycles. The molecule has 1 N–H and O–H groups in total. The molecule has 114 valence electrons. The SMILES string of the molecule is CC(C)(C)[C@H](c1cccc(F)c1Br)N1CCNCC1.Cl. The van der Waals surface area contributed by atoms with Crippen molar-refractivity contribution in [3.8, 4) is 0 Å². The fourth-order valence-electron chi connectivity index (χ4n) is 2.88. The van der Waals surface area contributed by atoms with E-state index >= 15 is 0 Å². The van der Waals surface area contributed by atoms with Gasteiger partial charge in [-0.25, -0.2) is 4.39 Å². The Morgan fingerprint density at radius 2 is 1.85 bits per heavy atom. The fraction of sp³-hybridized carbons (Fsp3) is 0.600. The molecule has 1 aromatic carbocycles. The Hall–Kier alpha value is -0.160. The maximum Gasteiger partial charge on any atom is 0.137 e. The highest BCUT2D eigenvalue weighted by atomic mass is 79.9. The quantitative estimate of drug-likeness (QED) is 0.852. The smallest absolute Gasteiger partial charge is 0.137 e. The summed E-state index contributed by atoms with van der Waals surface area (Å²) in [5, 5.41) is 3.37. The first kappa shape index (κ1) is 17.9. The van der Waals surface area contributed by atoms with Crippen molar-refractivity contribution in [2.24, 2.45) is 5.41 Å². The largest absolute Gasteiger partial charge is 0.314 e. The molecule has 1 fully saturated rings. The van der Waals surface area contributed by atoms with E-state index in [1.807, 2.05) is 6.07 Å². The van der Waals surface area contributed by atoms with Gasteiger partial charge in [-0.2, -0.15) is 0 Å². The molecular formula is C15H23BrClFN2. The van der Waals surface area contributed by atoms with E-state index in [2.05, 4.69) is 46.9 Å². The summed E-state index contributed by atoms with van der Waals surface area (Å²) in [4.78, 5) is 2.45. The average Bonchev–Trinajstić information content (AvgIpc) is 2.35. The third kappa shape index (κ3) is 3.94. The Morgan fingerprint density at radius 3 is 2.40 bits per heavy atom. The van der Waals surface area contributed by atoms with Crippen LogP contribution in [0.3, 0.4) is 0 Å². The molecule has 1 aromatic rings. The number of hydrogen-bond acceptors (Lipinski definition) is 2. The minimum absolute atomic E-state index is 0. The predicted molar refractivity (Wildman–Crippen MR) is 88.0 cm³/mol. The molecule has 0 saturated carbocycles. The molecular weight excluding hydrogens is 343 g/mol. The molecule has 0 spiro atoms. The number of hydrogen-bond donors (Lipinski definition) is 1. The van der Waals surface area contributed by atoms with E-state index in [1.54, 1.807) is 6.07 Å². The van der Waals surface area contributed by atoms with Gasteiger partial charge in [-0.1, -0.05) is 32.9 Å². The van der Waals surface area contributed by atoms with Gasteiger partial charge in [-0.15, -0.1) is 12.4 Å². The Kier molecular flexibility index (Phi) is 6.45. The molecule has 1 saturated heterocycles. The molecule has 2 nitrogen and oxygen atoms in total. The van der Waals surface area contributed by atoms with Gasteiger partial charge in [-0.3, -0.25) is 4.90 Å². The zero-order chi connectivity index (χ0) is 14.0. The van der Waals surface area contributed by atoms with Crippen LogP contribution in [0.2, 0.25) is 0 Å². The molecule has 0 unspecified atom stereocenters. The molecule has 0 amide bonds. The number of rotatable bonds is 2. The minimum atomic E-state index is -0.179. The van der Waals surface area contributed by atoms with Crippen LogP contribution < -0.4 is 5.32 Å². The zero-order valence-corrected chi connectivity index (χ0v) is 14.7. The highest BCUT2D eigenvalue weighted by molar-refractivity contribution is 9.10. The Bertz CT molecular complexity index is 442. The number of benzene rings is 1. The normalized spacial score (nSPS) is 18.4. The van der Waals surface area contributed by atoms with Crippen molar-refractivity contribution in [3.63, 3.8) is 0 Å². The molecule has 0 bridgehead atoms. The van der Waals surface area contributed by atoms with Gasteiger partial charge in [0.25, 0.3) is 0 Å². The molecule has 5 heteroatoms.